The van der Waals surface area contributed by atoms with E-state index in [0.29, 0.717) is 12.6 Å². The largest absolute Gasteiger partial charge is 0.489 e. The molecular formula is C22H24N4O. The zero-order valence-corrected chi connectivity index (χ0v) is 15.3. The fourth-order valence-electron chi connectivity index (χ4n) is 3.42. The minimum atomic E-state index is 0.379. The number of benzene rings is 1. The van der Waals surface area contributed by atoms with Crippen molar-refractivity contribution in [2.24, 2.45) is 0 Å². The Morgan fingerprint density at radius 2 is 1.59 bits per heavy atom. The van der Waals surface area contributed by atoms with E-state index in [1.54, 1.807) is 12.4 Å². The van der Waals surface area contributed by atoms with Crippen molar-refractivity contribution < 1.29 is 4.74 Å². The lowest BCUT2D eigenvalue weighted by Gasteiger charge is -2.36. The molecule has 5 nitrogen and oxygen atoms in total. The van der Waals surface area contributed by atoms with Gasteiger partial charge in [-0.05, 0) is 53.1 Å². The molecule has 1 unspecified atom stereocenters. The number of rotatable bonds is 6. The quantitative estimate of drug-likeness (QED) is 0.732. The Hall–Kier alpha value is -2.76. The van der Waals surface area contributed by atoms with Crippen LogP contribution in [0, 0.1) is 0 Å². The third kappa shape index (κ3) is 4.70. The van der Waals surface area contributed by atoms with Gasteiger partial charge in [-0.1, -0.05) is 12.1 Å². The zero-order chi connectivity index (χ0) is 18.3. The standard InChI is InChI=1S/C22H24N4O/c1-3-21(27-17-19-5-9-23-10-6-19)4-2-18(1)16-26-14-13-25-15-22(26)20-7-11-24-12-8-20/h1-12,22,25H,13-17H2. The Morgan fingerprint density at radius 1 is 0.889 bits per heavy atom. The minimum absolute atomic E-state index is 0.379. The van der Waals surface area contributed by atoms with Crippen LogP contribution >= 0.6 is 0 Å². The van der Waals surface area contributed by atoms with E-state index in [2.05, 4.69) is 56.6 Å². The Balaban J connectivity index is 1.38. The molecule has 3 heterocycles. The van der Waals surface area contributed by atoms with Crippen LogP contribution in [0.4, 0.5) is 0 Å². The summed E-state index contributed by atoms with van der Waals surface area (Å²) < 4.78 is 5.87. The highest BCUT2D eigenvalue weighted by atomic mass is 16.5. The molecule has 0 radical (unpaired) electrons. The van der Waals surface area contributed by atoms with Crippen molar-refractivity contribution in [1.29, 1.82) is 0 Å². The molecule has 0 spiro atoms. The van der Waals surface area contributed by atoms with Crippen LogP contribution in [0.2, 0.25) is 0 Å². The summed E-state index contributed by atoms with van der Waals surface area (Å²) >= 11 is 0. The number of pyridine rings is 2. The van der Waals surface area contributed by atoms with Gasteiger partial charge in [-0.3, -0.25) is 14.9 Å². The average molecular weight is 360 g/mol. The fraction of sp³-hybridized carbons (Fsp3) is 0.273. The lowest BCUT2D eigenvalue weighted by Crippen LogP contribution is -2.45. The summed E-state index contributed by atoms with van der Waals surface area (Å²) in [6.45, 7) is 4.52. The van der Waals surface area contributed by atoms with Gasteiger partial charge in [0.05, 0.1) is 0 Å². The summed E-state index contributed by atoms with van der Waals surface area (Å²) in [7, 11) is 0. The monoisotopic (exact) mass is 360 g/mol. The maximum atomic E-state index is 5.87. The van der Waals surface area contributed by atoms with Crippen molar-refractivity contribution in [3.63, 3.8) is 0 Å². The van der Waals surface area contributed by atoms with Crippen molar-refractivity contribution in [2.75, 3.05) is 19.6 Å². The minimum Gasteiger partial charge on any atom is -0.489 e. The molecule has 27 heavy (non-hydrogen) atoms. The van der Waals surface area contributed by atoms with E-state index in [4.69, 9.17) is 4.74 Å². The second-order valence-corrected chi connectivity index (χ2v) is 6.76. The van der Waals surface area contributed by atoms with Crippen molar-refractivity contribution in [1.82, 2.24) is 20.2 Å². The molecule has 0 amide bonds. The molecule has 0 aliphatic carbocycles. The van der Waals surface area contributed by atoms with Crippen LogP contribution in [-0.4, -0.2) is 34.5 Å². The van der Waals surface area contributed by atoms with Gasteiger partial charge in [-0.25, -0.2) is 0 Å². The number of hydrogen-bond acceptors (Lipinski definition) is 5. The van der Waals surface area contributed by atoms with E-state index >= 15 is 0 Å². The average Bonchev–Trinajstić information content (AvgIpc) is 2.75. The number of hydrogen-bond donors (Lipinski definition) is 1. The molecule has 5 heteroatoms. The van der Waals surface area contributed by atoms with Gasteiger partial charge in [-0.15, -0.1) is 0 Å². The van der Waals surface area contributed by atoms with Gasteiger partial charge in [0, 0.05) is 57.0 Å². The van der Waals surface area contributed by atoms with Crippen molar-refractivity contribution in [3.05, 3.63) is 90.0 Å². The van der Waals surface area contributed by atoms with Crippen LogP contribution in [0.3, 0.4) is 0 Å². The number of ether oxygens (including phenoxy) is 1. The van der Waals surface area contributed by atoms with Gasteiger partial charge in [0.2, 0.25) is 0 Å². The molecule has 0 bridgehead atoms. The molecule has 1 aromatic carbocycles. The highest BCUT2D eigenvalue weighted by molar-refractivity contribution is 5.28. The topological polar surface area (TPSA) is 50.3 Å². The third-order valence-electron chi connectivity index (χ3n) is 4.91. The summed E-state index contributed by atoms with van der Waals surface area (Å²) in [5.41, 5.74) is 3.73. The summed E-state index contributed by atoms with van der Waals surface area (Å²) in [5.74, 6) is 0.890. The molecule has 1 aliphatic heterocycles. The van der Waals surface area contributed by atoms with Gasteiger partial charge in [0.1, 0.15) is 12.4 Å². The van der Waals surface area contributed by atoms with Crippen LogP contribution in [0.5, 0.6) is 5.75 Å². The van der Waals surface area contributed by atoms with Crippen LogP contribution in [-0.2, 0) is 13.2 Å². The van der Waals surface area contributed by atoms with E-state index < -0.39 is 0 Å². The van der Waals surface area contributed by atoms with Crippen molar-refractivity contribution in [2.45, 2.75) is 19.2 Å². The van der Waals surface area contributed by atoms with Crippen molar-refractivity contribution in [3.8, 4) is 5.75 Å². The number of aromatic nitrogens is 2. The van der Waals surface area contributed by atoms with Crippen LogP contribution in [0.25, 0.3) is 0 Å². The number of nitrogens with zero attached hydrogens (tertiary/aromatic N) is 3. The molecule has 1 fully saturated rings. The molecule has 1 N–H and O–H groups in total. The first-order valence-electron chi connectivity index (χ1n) is 9.34. The highest BCUT2D eigenvalue weighted by Gasteiger charge is 2.23. The first-order valence-corrected chi connectivity index (χ1v) is 9.34. The number of piperazine rings is 1. The van der Waals surface area contributed by atoms with Gasteiger partial charge < -0.3 is 10.1 Å². The predicted molar refractivity (Wildman–Crippen MR) is 105 cm³/mol. The Morgan fingerprint density at radius 3 is 2.33 bits per heavy atom. The van der Waals surface area contributed by atoms with Gasteiger partial charge in [0.25, 0.3) is 0 Å². The first kappa shape index (κ1) is 17.6. The fourth-order valence-corrected chi connectivity index (χ4v) is 3.42. The molecule has 1 aliphatic rings. The number of nitrogens with one attached hydrogen (secondary N) is 1. The summed E-state index contributed by atoms with van der Waals surface area (Å²) in [6.07, 6.45) is 7.32. The maximum absolute atomic E-state index is 5.87. The second-order valence-electron chi connectivity index (χ2n) is 6.76. The highest BCUT2D eigenvalue weighted by Crippen LogP contribution is 2.24. The van der Waals surface area contributed by atoms with Gasteiger partial charge in [0.15, 0.2) is 0 Å². The molecule has 2 aromatic heterocycles. The molecule has 0 saturated carbocycles. The van der Waals surface area contributed by atoms with E-state index in [0.717, 1.165) is 37.5 Å². The van der Waals surface area contributed by atoms with E-state index in [9.17, 15) is 0 Å². The Labute approximate surface area is 160 Å². The molecule has 3 aromatic rings. The first-order chi connectivity index (χ1) is 13.4. The molecule has 138 valence electrons. The molecule has 1 atom stereocenters. The van der Waals surface area contributed by atoms with Gasteiger partial charge in [-0.2, -0.15) is 0 Å². The van der Waals surface area contributed by atoms with E-state index in [-0.39, 0.29) is 0 Å². The molecule has 1 saturated heterocycles. The Bertz CT molecular complexity index is 824. The second kappa shape index (κ2) is 8.75. The lowest BCUT2D eigenvalue weighted by atomic mass is 10.0. The summed E-state index contributed by atoms with van der Waals surface area (Å²) in [5, 5.41) is 3.50. The Kier molecular flexibility index (Phi) is 5.72. The van der Waals surface area contributed by atoms with E-state index in [1.807, 2.05) is 24.5 Å². The smallest absolute Gasteiger partial charge is 0.119 e. The SMILES string of the molecule is c1cc(COc2ccc(CN3CCNCC3c3ccncc3)cc2)ccn1. The van der Waals surface area contributed by atoms with Crippen LogP contribution in [0.1, 0.15) is 22.7 Å². The van der Waals surface area contributed by atoms with Crippen molar-refractivity contribution >= 4 is 0 Å². The maximum Gasteiger partial charge on any atom is 0.119 e. The summed E-state index contributed by atoms with van der Waals surface area (Å²) in [6, 6.07) is 17.0. The zero-order valence-electron chi connectivity index (χ0n) is 15.3. The predicted octanol–water partition coefficient (Wildman–Crippen LogP) is 3.20. The normalized spacial score (nSPS) is 17.6. The van der Waals surface area contributed by atoms with Crippen LogP contribution < -0.4 is 10.1 Å². The van der Waals surface area contributed by atoms with Gasteiger partial charge >= 0.3 is 0 Å². The van der Waals surface area contributed by atoms with E-state index in [1.165, 1.54) is 11.1 Å². The molecular weight excluding hydrogens is 336 g/mol. The third-order valence-corrected chi connectivity index (χ3v) is 4.91. The lowest BCUT2D eigenvalue weighted by molar-refractivity contribution is 0.153. The molecule has 4 rings (SSSR count). The summed E-state index contributed by atoms with van der Waals surface area (Å²) in [4.78, 5) is 10.7. The van der Waals surface area contributed by atoms with Crippen LogP contribution in [0.15, 0.2) is 73.3 Å².